The van der Waals surface area contributed by atoms with E-state index in [1.165, 1.54) is 0 Å². The predicted octanol–water partition coefficient (Wildman–Crippen LogP) is 2.07. The molecule has 0 saturated heterocycles. The van der Waals surface area contributed by atoms with Gasteiger partial charge in [0.05, 0.1) is 12.1 Å². The van der Waals surface area contributed by atoms with Crippen LogP contribution in [0.3, 0.4) is 0 Å². The number of carbonyl (C=O) groups excluding carboxylic acids is 1. The maximum absolute atomic E-state index is 12.2. The quantitative estimate of drug-likeness (QED) is 0.888. The Labute approximate surface area is 126 Å². The van der Waals surface area contributed by atoms with Crippen molar-refractivity contribution in [2.24, 2.45) is 5.41 Å². The summed E-state index contributed by atoms with van der Waals surface area (Å²) in [5.41, 5.74) is 7.06. The largest absolute Gasteiger partial charge is 0.382 e. The highest BCUT2D eigenvalue weighted by Crippen LogP contribution is 2.28. The molecule has 118 valence electrons. The molecule has 0 fully saturated rings. The lowest BCUT2D eigenvalue weighted by molar-refractivity contribution is -0.244. The van der Waals surface area contributed by atoms with E-state index in [0.29, 0.717) is 18.8 Å². The van der Waals surface area contributed by atoms with Gasteiger partial charge in [0.2, 0.25) is 0 Å². The fourth-order valence-corrected chi connectivity index (χ4v) is 2.40. The first kappa shape index (κ1) is 16.0. The molecule has 0 saturated carbocycles. The molecule has 6 heteroatoms. The van der Waals surface area contributed by atoms with Crippen LogP contribution in [-0.2, 0) is 22.6 Å². The Hall–Kier alpha value is -1.40. The molecule has 0 spiro atoms. The zero-order valence-electron chi connectivity index (χ0n) is 13.6. The number of fused-ring (bicyclic) bond motifs is 1. The second-order valence-electron chi connectivity index (χ2n) is 7.38. The molecule has 0 bridgehead atoms. The monoisotopic (exact) mass is 294 g/mol. The first-order valence-electron chi connectivity index (χ1n) is 7.37. The van der Waals surface area contributed by atoms with Crippen LogP contribution in [0.4, 0.5) is 5.82 Å². The van der Waals surface area contributed by atoms with Crippen molar-refractivity contribution in [3.8, 4) is 0 Å². The van der Waals surface area contributed by atoms with Crippen molar-refractivity contribution in [2.45, 2.75) is 59.6 Å². The number of H-pyrrole nitrogens is 1. The van der Waals surface area contributed by atoms with Crippen molar-refractivity contribution in [3.63, 3.8) is 0 Å². The zero-order chi connectivity index (χ0) is 15.8. The summed E-state index contributed by atoms with van der Waals surface area (Å²) in [6.45, 7) is 11.1. The third-order valence-corrected chi connectivity index (χ3v) is 3.73. The number of rotatable bonds is 4. The van der Waals surface area contributed by atoms with Crippen LogP contribution in [0.5, 0.6) is 0 Å². The molecule has 1 aromatic heterocycles. The second kappa shape index (κ2) is 5.42. The van der Waals surface area contributed by atoms with Crippen LogP contribution < -0.4 is 5.73 Å². The molecular weight excluding hydrogens is 268 g/mol. The number of anilines is 1. The minimum absolute atomic E-state index is 0.202. The lowest BCUT2D eigenvalue weighted by Crippen LogP contribution is -2.41. The van der Waals surface area contributed by atoms with E-state index in [2.05, 4.69) is 10.2 Å². The van der Waals surface area contributed by atoms with Gasteiger partial charge in [0.1, 0.15) is 11.6 Å². The average Bonchev–Trinajstić information content (AvgIpc) is 2.68. The van der Waals surface area contributed by atoms with Gasteiger partial charge in [-0.1, -0.05) is 20.8 Å². The van der Waals surface area contributed by atoms with Gasteiger partial charge in [0.25, 0.3) is 0 Å². The van der Waals surface area contributed by atoms with Gasteiger partial charge in [-0.05, 0) is 13.8 Å². The topological polar surface area (TPSA) is 84.2 Å². The highest BCUT2D eigenvalue weighted by Gasteiger charge is 2.33. The van der Waals surface area contributed by atoms with Crippen molar-refractivity contribution in [3.05, 3.63) is 11.3 Å². The number of hydrogen-bond acceptors (Lipinski definition) is 5. The third kappa shape index (κ3) is 3.83. The van der Waals surface area contributed by atoms with Gasteiger partial charge in [-0.3, -0.25) is 14.7 Å². The fraction of sp³-hybridized carbons (Fsp3) is 0.733. The molecule has 0 aromatic carbocycles. The Morgan fingerprint density at radius 1 is 1.38 bits per heavy atom. The number of hydrogen-bond donors (Lipinski definition) is 2. The van der Waals surface area contributed by atoms with Crippen LogP contribution in [0.2, 0.25) is 0 Å². The molecule has 6 nitrogen and oxygen atoms in total. The molecule has 2 rings (SSSR count). The predicted molar refractivity (Wildman–Crippen MR) is 81.4 cm³/mol. The summed E-state index contributed by atoms with van der Waals surface area (Å²) in [7, 11) is 0. The maximum atomic E-state index is 12.2. The number of nitrogens with one attached hydrogen (secondary N) is 1. The van der Waals surface area contributed by atoms with E-state index in [1.807, 2.05) is 39.7 Å². The van der Waals surface area contributed by atoms with Crippen LogP contribution in [0.25, 0.3) is 0 Å². The smallest absolute Gasteiger partial charge is 0.150 e. The van der Waals surface area contributed by atoms with Crippen molar-refractivity contribution in [2.75, 3.05) is 12.3 Å². The fourth-order valence-electron chi connectivity index (χ4n) is 2.40. The van der Waals surface area contributed by atoms with Crippen LogP contribution >= 0.6 is 0 Å². The molecule has 0 atom stereocenters. The average molecular weight is 294 g/mol. The summed E-state index contributed by atoms with van der Waals surface area (Å²) in [5, 5.41) is 8.86. The van der Waals surface area contributed by atoms with Gasteiger partial charge in [0, 0.05) is 36.1 Å². The van der Waals surface area contributed by atoms with E-state index in [-0.39, 0.29) is 11.2 Å². The van der Waals surface area contributed by atoms with Gasteiger partial charge in [-0.2, -0.15) is 10.2 Å². The molecule has 21 heavy (non-hydrogen) atoms. The first-order chi connectivity index (χ1) is 9.58. The van der Waals surface area contributed by atoms with Crippen LogP contribution in [0, 0.1) is 5.41 Å². The van der Waals surface area contributed by atoms with Crippen molar-refractivity contribution in [1.29, 1.82) is 0 Å². The van der Waals surface area contributed by atoms with Crippen molar-refractivity contribution in [1.82, 2.24) is 15.3 Å². The standard InChI is InChI=1S/C15H26N4O2/c1-14(2,3)12(20)8-15(4,5)21-19-7-6-11-10(9-19)13(16)18-17-11/h6-9H2,1-5H3,(H3,16,17,18). The summed E-state index contributed by atoms with van der Waals surface area (Å²) < 4.78 is 0. The van der Waals surface area contributed by atoms with Gasteiger partial charge in [0.15, 0.2) is 0 Å². The summed E-state index contributed by atoms with van der Waals surface area (Å²) in [6, 6.07) is 0. The Morgan fingerprint density at radius 3 is 2.67 bits per heavy atom. The molecule has 0 radical (unpaired) electrons. The lowest BCUT2D eigenvalue weighted by Gasteiger charge is -2.35. The van der Waals surface area contributed by atoms with E-state index < -0.39 is 5.60 Å². The van der Waals surface area contributed by atoms with Crippen LogP contribution in [0.15, 0.2) is 0 Å². The summed E-state index contributed by atoms with van der Waals surface area (Å²) in [6.07, 6.45) is 1.21. The minimum Gasteiger partial charge on any atom is -0.382 e. The van der Waals surface area contributed by atoms with E-state index in [9.17, 15) is 4.79 Å². The van der Waals surface area contributed by atoms with Crippen LogP contribution in [-0.4, -0.2) is 33.2 Å². The number of aromatic amines is 1. The van der Waals surface area contributed by atoms with Gasteiger partial charge in [-0.25, -0.2) is 0 Å². The number of nitrogens with zero attached hydrogens (tertiary/aromatic N) is 2. The van der Waals surface area contributed by atoms with E-state index >= 15 is 0 Å². The number of Topliss-reactive ketones (excluding diaryl/α,β-unsaturated/α-hetero) is 1. The molecule has 2 heterocycles. The Bertz CT molecular complexity index is 528. The molecule has 1 aliphatic rings. The highest BCUT2D eigenvalue weighted by atomic mass is 16.7. The Morgan fingerprint density at radius 2 is 2.05 bits per heavy atom. The minimum atomic E-state index is -0.527. The van der Waals surface area contributed by atoms with Gasteiger partial charge >= 0.3 is 0 Å². The van der Waals surface area contributed by atoms with E-state index in [0.717, 1.165) is 24.2 Å². The zero-order valence-corrected chi connectivity index (χ0v) is 13.6. The van der Waals surface area contributed by atoms with Crippen LogP contribution in [0.1, 0.15) is 52.3 Å². The summed E-state index contributed by atoms with van der Waals surface area (Å²) in [4.78, 5) is 18.2. The number of nitrogens with two attached hydrogens (primary N) is 1. The molecule has 3 N–H and O–H groups in total. The number of ketones is 1. The normalized spacial score (nSPS) is 16.8. The third-order valence-electron chi connectivity index (χ3n) is 3.73. The van der Waals surface area contributed by atoms with E-state index in [1.54, 1.807) is 0 Å². The number of hydroxylamine groups is 2. The Balaban J connectivity index is 1.98. The summed E-state index contributed by atoms with van der Waals surface area (Å²) in [5.74, 6) is 0.731. The van der Waals surface area contributed by atoms with Crippen molar-refractivity contribution < 1.29 is 9.63 Å². The molecule has 0 amide bonds. The highest BCUT2D eigenvalue weighted by molar-refractivity contribution is 5.84. The maximum Gasteiger partial charge on any atom is 0.150 e. The SMILES string of the molecule is CC(C)(CC(=O)C(C)(C)C)ON1CCc2[nH]nc(N)c2C1. The molecule has 1 aromatic rings. The van der Waals surface area contributed by atoms with Gasteiger partial charge in [-0.15, -0.1) is 0 Å². The first-order valence-corrected chi connectivity index (χ1v) is 7.37. The lowest BCUT2D eigenvalue weighted by atomic mass is 9.84. The number of nitrogen functional groups attached to an aromatic ring is 1. The molecule has 0 unspecified atom stereocenters. The number of carbonyl (C=O) groups is 1. The van der Waals surface area contributed by atoms with E-state index in [4.69, 9.17) is 10.6 Å². The second-order valence-corrected chi connectivity index (χ2v) is 7.38. The molecule has 0 aliphatic carbocycles. The van der Waals surface area contributed by atoms with Crippen molar-refractivity contribution >= 4 is 11.6 Å². The Kier molecular flexibility index (Phi) is 4.13. The van der Waals surface area contributed by atoms with Gasteiger partial charge < -0.3 is 5.73 Å². The molecule has 1 aliphatic heterocycles. The molecular formula is C15H26N4O2. The summed E-state index contributed by atoms with van der Waals surface area (Å²) >= 11 is 0. The number of aromatic nitrogens is 2.